The van der Waals surface area contributed by atoms with Gasteiger partial charge in [0.05, 0.1) is 0 Å². The molecule has 6 heteroatoms. The zero-order valence-electron chi connectivity index (χ0n) is 11.9. The molecule has 0 bridgehead atoms. The van der Waals surface area contributed by atoms with Crippen LogP contribution in [0.4, 0.5) is 11.4 Å². The van der Waals surface area contributed by atoms with Gasteiger partial charge < -0.3 is 16.0 Å². The lowest BCUT2D eigenvalue weighted by molar-refractivity contribution is -0.136. The summed E-state index contributed by atoms with van der Waals surface area (Å²) in [5.74, 6) is -1.44. The summed E-state index contributed by atoms with van der Waals surface area (Å²) < 4.78 is 0. The van der Waals surface area contributed by atoms with Crippen LogP contribution >= 0.6 is 0 Å². The number of hydrogen-bond acceptors (Lipinski definition) is 3. The molecule has 21 heavy (non-hydrogen) atoms. The SMILES string of the molecule is CC(=O)Nc1ccc(NC(=O)C(=O)NC2CCCC2)cc1. The fourth-order valence-electron chi connectivity index (χ4n) is 2.35. The molecule has 0 aliphatic heterocycles. The summed E-state index contributed by atoms with van der Waals surface area (Å²) in [5, 5.41) is 7.89. The number of benzene rings is 1. The largest absolute Gasteiger partial charge is 0.345 e. The monoisotopic (exact) mass is 289 g/mol. The maximum absolute atomic E-state index is 11.8. The third-order valence-corrected chi connectivity index (χ3v) is 3.36. The van der Waals surface area contributed by atoms with Crippen LogP contribution in [-0.4, -0.2) is 23.8 Å². The molecule has 0 saturated heterocycles. The zero-order valence-corrected chi connectivity index (χ0v) is 11.9. The maximum atomic E-state index is 11.8. The normalized spacial score (nSPS) is 14.5. The lowest BCUT2D eigenvalue weighted by atomic mass is 10.2. The predicted molar refractivity (Wildman–Crippen MR) is 79.8 cm³/mol. The predicted octanol–water partition coefficient (Wildman–Crippen LogP) is 1.64. The van der Waals surface area contributed by atoms with Crippen LogP contribution in [0.15, 0.2) is 24.3 Å². The minimum Gasteiger partial charge on any atom is -0.345 e. The Kier molecular flexibility index (Phi) is 4.92. The van der Waals surface area contributed by atoms with Gasteiger partial charge in [-0.1, -0.05) is 12.8 Å². The van der Waals surface area contributed by atoms with Crippen molar-refractivity contribution in [1.29, 1.82) is 0 Å². The standard InChI is InChI=1S/C15H19N3O3/c1-10(19)16-12-6-8-13(9-7-12)18-15(21)14(20)17-11-4-2-3-5-11/h6-9,11H,2-5H2,1H3,(H,16,19)(H,17,20)(H,18,21). The molecule has 0 spiro atoms. The molecule has 6 nitrogen and oxygen atoms in total. The molecule has 1 fully saturated rings. The van der Waals surface area contributed by atoms with Crippen molar-refractivity contribution in [2.75, 3.05) is 10.6 Å². The van der Waals surface area contributed by atoms with Crippen LogP contribution in [0.5, 0.6) is 0 Å². The van der Waals surface area contributed by atoms with Gasteiger partial charge in [-0.2, -0.15) is 0 Å². The van der Waals surface area contributed by atoms with E-state index in [9.17, 15) is 14.4 Å². The van der Waals surface area contributed by atoms with Crippen LogP contribution in [0, 0.1) is 0 Å². The molecular weight excluding hydrogens is 270 g/mol. The van der Waals surface area contributed by atoms with Gasteiger partial charge in [0, 0.05) is 24.3 Å². The topological polar surface area (TPSA) is 87.3 Å². The Morgan fingerprint density at radius 2 is 1.43 bits per heavy atom. The molecule has 0 heterocycles. The molecular formula is C15H19N3O3. The van der Waals surface area contributed by atoms with Crippen molar-refractivity contribution in [2.24, 2.45) is 0 Å². The van der Waals surface area contributed by atoms with E-state index in [-0.39, 0.29) is 11.9 Å². The van der Waals surface area contributed by atoms with Crippen LogP contribution in [-0.2, 0) is 14.4 Å². The van der Waals surface area contributed by atoms with E-state index < -0.39 is 11.8 Å². The van der Waals surface area contributed by atoms with Gasteiger partial charge >= 0.3 is 11.8 Å². The summed E-state index contributed by atoms with van der Waals surface area (Å²) >= 11 is 0. The molecule has 3 N–H and O–H groups in total. The molecule has 0 atom stereocenters. The van der Waals surface area contributed by atoms with E-state index >= 15 is 0 Å². The van der Waals surface area contributed by atoms with E-state index in [2.05, 4.69) is 16.0 Å². The molecule has 1 aromatic rings. The van der Waals surface area contributed by atoms with Crippen molar-refractivity contribution in [1.82, 2.24) is 5.32 Å². The molecule has 1 aliphatic carbocycles. The number of hydrogen-bond donors (Lipinski definition) is 3. The minimum absolute atomic E-state index is 0.116. The molecule has 3 amide bonds. The summed E-state index contributed by atoms with van der Waals surface area (Å²) in [6.45, 7) is 1.42. The summed E-state index contributed by atoms with van der Waals surface area (Å²) in [7, 11) is 0. The van der Waals surface area contributed by atoms with E-state index in [0.29, 0.717) is 11.4 Å². The Bertz CT molecular complexity index is 534. The number of amides is 3. The molecule has 1 aromatic carbocycles. The minimum atomic E-state index is -0.672. The van der Waals surface area contributed by atoms with Crippen molar-refractivity contribution >= 4 is 29.1 Å². The number of nitrogens with one attached hydrogen (secondary N) is 3. The first-order chi connectivity index (χ1) is 10.0. The van der Waals surface area contributed by atoms with E-state index in [1.807, 2.05) is 0 Å². The maximum Gasteiger partial charge on any atom is 0.313 e. The lowest BCUT2D eigenvalue weighted by Crippen LogP contribution is -2.40. The third kappa shape index (κ3) is 4.59. The van der Waals surface area contributed by atoms with Gasteiger partial charge in [0.1, 0.15) is 0 Å². The summed E-state index contributed by atoms with van der Waals surface area (Å²) in [4.78, 5) is 34.4. The van der Waals surface area contributed by atoms with Gasteiger partial charge in [-0.15, -0.1) is 0 Å². The Balaban J connectivity index is 1.86. The third-order valence-electron chi connectivity index (χ3n) is 3.36. The second-order valence-corrected chi connectivity index (χ2v) is 5.17. The second kappa shape index (κ2) is 6.88. The second-order valence-electron chi connectivity index (χ2n) is 5.17. The van der Waals surface area contributed by atoms with E-state index in [4.69, 9.17) is 0 Å². The van der Waals surface area contributed by atoms with Gasteiger partial charge in [0.2, 0.25) is 5.91 Å². The Labute approximate surface area is 123 Å². The Hall–Kier alpha value is -2.37. The highest BCUT2D eigenvalue weighted by Crippen LogP contribution is 2.17. The fourth-order valence-corrected chi connectivity index (χ4v) is 2.35. The highest BCUT2D eigenvalue weighted by Gasteiger charge is 2.21. The average Bonchev–Trinajstić information content (AvgIpc) is 2.93. The molecule has 2 rings (SSSR count). The quantitative estimate of drug-likeness (QED) is 0.739. The van der Waals surface area contributed by atoms with Crippen LogP contribution in [0.2, 0.25) is 0 Å². The molecule has 1 aliphatic rings. The lowest BCUT2D eigenvalue weighted by Gasteiger charge is -2.11. The summed E-state index contributed by atoms with van der Waals surface area (Å²) in [5.41, 5.74) is 1.14. The van der Waals surface area contributed by atoms with Crippen molar-refractivity contribution in [2.45, 2.75) is 38.6 Å². The first-order valence-electron chi connectivity index (χ1n) is 7.04. The molecule has 0 aromatic heterocycles. The van der Waals surface area contributed by atoms with Gasteiger partial charge in [-0.3, -0.25) is 14.4 Å². The first kappa shape index (κ1) is 15.0. The van der Waals surface area contributed by atoms with Crippen LogP contribution in [0.1, 0.15) is 32.6 Å². The smallest absolute Gasteiger partial charge is 0.313 e. The number of carbonyl (C=O) groups is 3. The van der Waals surface area contributed by atoms with E-state index in [1.54, 1.807) is 24.3 Å². The van der Waals surface area contributed by atoms with Crippen LogP contribution < -0.4 is 16.0 Å². The van der Waals surface area contributed by atoms with Crippen molar-refractivity contribution in [3.63, 3.8) is 0 Å². The van der Waals surface area contributed by atoms with E-state index in [0.717, 1.165) is 25.7 Å². The number of anilines is 2. The zero-order chi connectivity index (χ0) is 15.2. The van der Waals surface area contributed by atoms with Crippen molar-refractivity contribution in [3.8, 4) is 0 Å². The van der Waals surface area contributed by atoms with Crippen molar-refractivity contribution in [3.05, 3.63) is 24.3 Å². The fraction of sp³-hybridized carbons (Fsp3) is 0.400. The van der Waals surface area contributed by atoms with Gasteiger partial charge in [0.25, 0.3) is 0 Å². The van der Waals surface area contributed by atoms with Gasteiger partial charge in [-0.25, -0.2) is 0 Å². The average molecular weight is 289 g/mol. The van der Waals surface area contributed by atoms with Crippen LogP contribution in [0.25, 0.3) is 0 Å². The molecule has 0 unspecified atom stereocenters. The first-order valence-corrected chi connectivity index (χ1v) is 7.04. The highest BCUT2D eigenvalue weighted by atomic mass is 16.2. The Morgan fingerprint density at radius 1 is 0.905 bits per heavy atom. The van der Waals surface area contributed by atoms with Crippen LogP contribution in [0.3, 0.4) is 0 Å². The Morgan fingerprint density at radius 3 is 1.95 bits per heavy atom. The molecule has 0 radical (unpaired) electrons. The number of rotatable bonds is 3. The van der Waals surface area contributed by atoms with Gasteiger partial charge in [-0.05, 0) is 37.1 Å². The molecule has 1 saturated carbocycles. The summed E-state index contributed by atoms with van der Waals surface area (Å²) in [6, 6.07) is 6.70. The summed E-state index contributed by atoms with van der Waals surface area (Å²) in [6.07, 6.45) is 4.06. The highest BCUT2D eigenvalue weighted by molar-refractivity contribution is 6.39. The van der Waals surface area contributed by atoms with Gasteiger partial charge in [0.15, 0.2) is 0 Å². The van der Waals surface area contributed by atoms with E-state index in [1.165, 1.54) is 6.92 Å². The van der Waals surface area contributed by atoms with Crippen molar-refractivity contribution < 1.29 is 14.4 Å². The number of carbonyl (C=O) groups excluding carboxylic acids is 3. The molecule has 112 valence electrons.